The summed E-state index contributed by atoms with van der Waals surface area (Å²) in [7, 11) is 0. The van der Waals surface area contributed by atoms with Crippen LogP contribution in [-0.4, -0.2) is 16.7 Å². The fourth-order valence-electron chi connectivity index (χ4n) is 2.22. The van der Waals surface area contributed by atoms with E-state index in [0.717, 1.165) is 0 Å². The summed E-state index contributed by atoms with van der Waals surface area (Å²) in [5, 5.41) is 10.0. The number of nitrogen functional groups attached to an aromatic ring is 1. The highest BCUT2D eigenvalue weighted by Gasteiger charge is 2.33. The van der Waals surface area contributed by atoms with E-state index in [1.165, 1.54) is 0 Å². The van der Waals surface area contributed by atoms with E-state index in [1.54, 1.807) is 30.3 Å². The van der Waals surface area contributed by atoms with Gasteiger partial charge in [0, 0.05) is 20.3 Å². The lowest BCUT2D eigenvalue weighted by molar-refractivity contribution is 0.0976. The van der Waals surface area contributed by atoms with E-state index in [1.807, 2.05) is 22.6 Å². The Morgan fingerprint density at radius 2 is 1.58 bits per heavy atom. The number of hydrogen-bond donors (Lipinski definition) is 2. The molecule has 0 saturated heterocycles. The Kier molecular flexibility index (Phi) is 2.60. The fraction of sp³-hybridized carbons (Fsp3) is 0. The van der Waals surface area contributed by atoms with Gasteiger partial charge >= 0.3 is 0 Å². The molecule has 4 nitrogen and oxygen atoms in total. The lowest BCUT2D eigenvalue weighted by Gasteiger charge is -2.19. The third kappa shape index (κ3) is 1.58. The zero-order chi connectivity index (χ0) is 13.7. The van der Waals surface area contributed by atoms with Crippen molar-refractivity contribution in [2.75, 3.05) is 5.73 Å². The smallest absolute Gasteiger partial charge is 0.198 e. The molecule has 2 aromatic carbocycles. The summed E-state index contributed by atoms with van der Waals surface area (Å²) >= 11 is 1.92. The highest BCUT2D eigenvalue weighted by atomic mass is 127. The van der Waals surface area contributed by atoms with Crippen LogP contribution in [0.5, 0.6) is 5.75 Å². The van der Waals surface area contributed by atoms with Gasteiger partial charge in [-0.3, -0.25) is 9.59 Å². The van der Waals surface area contributed by atoms with Crippen molar-refractivity contribution in [3.63, 3.8) is 0 Å². The lowest BCUT2D eigenvalue weighted by Crippen LogP contribution is -2.21. The molecule has 94 valence electrons. The molecule has 0 atom stereocenters. The van der Waals surface area contributed by atoms with E-state index in [0.29, 0.717) is 14.7 Å². The fourth-order valence-corrected chi connectivity index (χ4v) is 2.79. The minimum atomic E-state index is -0.370. The van der Waals surface area contributed by atoms with Crippen LogP contribution in [0.1, 0.15) is 31.8 Å². The standard InChI is InChI=1S/C14H8INO3/c15-9-5-8-10(14(19)11(9)16)13(18)7-4-2-1-3-6(7)12(8)17/h1-5,19H,16H2. The number of halogens is 1. The molecule has 0 amide bonds. The molecule has 0 bridgehead atoms. The highest BCUT2D eigenvalue weighted by Crippen LogP contribution is 2.38. The Hall–Kier alpha value is -1.89. The molecule has 0 fully saturated rings. The van der Waals surface area contributed by atoms with Gasteiger partial charge in [-0.05, 0) is 28.7 Å². The molecule has 0 heterocycles. The first-order valence-corrected chi connectivity index (χ1v) is 6.59. The Morgan fingerprint density at radius 1 is 1.00 bits per heavy atom. The van der Waals surface area contributed by atoms with Gasteiger partial charge in [0.05, 0.1) is 11.3 Å². The largest absolute Gasteiger partial charge is 0.505 e. The molecule has 19 heavy (non-hydrogen) atoms. The van der Waals surface area contributed by atoms with Gasteiger partial charge in [-0.15, -0.1) is 0 Å². The van der Waals surface area contributed by atoms with Crippen molar-refractivity contribution in [1.29, 1.82) is 0 Å². The van der Waals surface area contributed by atoms with Crippen molar-refractivity contribution in [1.82, 2.24) is 0 Å². The van der Waals surface area contributed by atoms with Crippen LogP contribution in [-0.2, 0) is 0 Å². The summed E-state index contributed by atoms with van der Waals surface area (Å²) in [5.74, 6) is -0.945. The van der Waals surface area contributed by atoms with Crippen LogP contribution >= 0.6 is 22.6 Å². The van der Waals surface area contributed by atoms with Crippen molar-refractivity contribution in [3.05, 3.63) is 56.2 Å². The maximum atomic E-state index is 12.4. The van der Waals surface area contributed by atoms with E-state index in [2.05, 4.69) is 0 Å². The first-order valence-electron chi connectivity index (χ1n) is 5.51. The van der Waals surface area contributed by atoms with Crippen molar-refractivity contribution in [2.45, 2.75) is 0 Å². The summed E-state index contributed by atoms with van der Waals surface area (Å²) in [6, 6.07) is 8.12. The number of carbonyl (C=O) groups excluding carboxylic acids is 2. The predicted octanol–water partition coefficient (Wildman–Crippen LogP) is 2.35. The van der Waals surface area contributed by atoms with Crippen LogP contribution < -0.4 is 5.73 Å². The maximum absolute atomic E-state index is 12.4. The van der Waals surface area contributed by atoms with Gasteiger partial charge < -0.3 is 10.8 Å². The quantitative estimate of drug-likeness (QED) is 0.364. The van der Waals surface area contributed by atoms with Crippen molar-refractivity contribution >= 4 is 39.8 Å². The zero-order valence-corrected chi connectivity index (χ0v) is 11.8. The molecule has 3 N–H and O–H groups in total. The molecular formula is C14H8INO3. The van der Waals surface area contributed by atoms with Crippen LogP contribution in [0, 0.1) is 3.57 Å². The van der Waals surface area contributed by atoms with Gasteiger partial charge in [0.1, 0.15) is 0 Å². The first-order chi connectivity index (χ1) is 9.02. The number of phenolic OH excluding ortho intramolecular Hbond substituents is 1. The predicted molar refractivity (Wildman–Crippen MR) is 78.5 cm³/mol. The summed E-state index contributed by atoms with van der Waals surface area (Å²) in [4.78, 5) is 24.7. The number of fused-ring (bicyclic) bond motifs is 2. The highest BCUT2D eigenvalue weighted by molar-refractivity contribution is 14.1. The number of phenols is 1. The number of anilines is 1. The maximum Gasteiger partial charge on any atom is 0.198 e. The van der Waals surface area contributed by atoms with E-state index >= 15 is 0 Å². The van der Waals surface area contributed by atoms with Crippen molar-refractivity contribution < 1.29 is 14.7 Å². The Bertz CT molecular complexity index is 753. The molecule has 0 unspecified atom stereocenters. The Morgan fingerprint density at radius 3 is 2.21 bits per heavy atom. The monoisotopic (exact) mass is 365 g/mol. The molecule has 2 aromatic rings. The van der Waals surface area contributed by atoms with Crippen LogP contribution in [0.3, 0.4) is 0 Å². The molecule has 0 aromatic heterocycles. The number of rotatable bonds is 0. The van der Waals surface area contributed by atoms with Crippen molar-refractivity contribution in [2.24, 2.45) is 0 Å². The SMILES string of the molecule is Nc1c(I)cc2c(c1O)C(=O)c1ccccc1C2=O. The zero-order valence-electron chi connectivity index (χ0n) is 9.61. The number of hydrogen-bond acceptors (Lipinski definition) is 4. The molecule has 0 radical (unpaired) electrons. The summed E-state index contributed by atoms with van der Waals surface area (Å²) < 4.78 is 0.550. The second-order valence-electron chi connectivity index (χ2n) is 4.25. The van der Waals surface area contributed by atoms with E-state index in [-0.39, 0.29) is 34.1 Å². The van der Waals surface area contributed by atoms with Crippen molar-refractivity contribution in [3.8, 4) is 5.75 Å². The molecule has 0 aliphatic heterocycles. The lowest BCUT2D eigenvalue weighted by atomic mass is 9.83. The van der Waals surface area contributed by atoms with Crippen LogP contribution in [0.15, 0.2) is 30.3 Å². The third-order valence-electron chi connectivity index (χ3n) is 3.18. The summed E-state index contributed by atoms with van der Waals surface area (Å²) in [6.07, 6.45) is 0. The van der Waals surface area contributed by atoms with Gasteiger partial charge in [0.25, 0.3) is 0 Å². The second kappa shape index (κ2) is 4.06. The van der Waals surface area contributed by atoms with E-state index in [4.69, 9.17) is 5.73 Å². The second-order valence-corrected chi connectivity index (χ2v) is 5.41. The molecule has 1 aliphatic carbocycles. The molecule has 1 aliphatic rings. The molecular weight excluding hydrogens is 357 g/mol. The van der Waals surface area contributed by atoms with E-state index < -0.39 is 0 Å². The number of nitrogens with two attached hydrogens (primary N) is 1. The molecule has 3 rings (SSSR count). The third-order valence-corrected chi connectivity index (χ3v) is 4.07. The molecule has 0 spiro atoms. The Balaban J connectivity index is 2.40. The number of aromatic hydroxyl groups is 1. The number of ketones is 2. The molecule has 5 heteroatoms. The topological polar surface area (TPSA) is 80.4 Å². The van der Waals surface area contributed by atoms with Gasteiger partial charge in [-0.2, -0.15) is 0 Å². The normalized spacial score (nSPS) is 13.1. The van der Waals surface area contributed by atoms with Gasteiger partial charge in [0.2, 0.25) is 0 Å². The van der Waals surface area contributed by atoms with Gasteiger partial charge in [-0.1, -0.05) is 24.3 Å². The van der Waals surface area contributed by atoms with Gasteiger partial charge in [0.15, 0.2) is 17.3 Å². The van der Waals surface area contributed by atoms with E-state index in [9.17, 15) is 14.7 Å². The average Bonchev–Trinajstić information content (AvgIpc) is 2.42. The number of carbonyl (C=O) groups is 2. The minimum absolute atomic E-state index is 0.00150. The van der Waals surface area contributed by atoms with Crippen LogP contribution in [0.4, 0.5) is 5.69 Å². The number of benzene rings is 2. The van der Waals surface area contributed by atoms with Gasteiger partial charge in [-0.25, -0.2) is 0 Å². The average molecular weight is 365 g/mol. The van der Waals surface area contributed by atoms with Crippen LogP contribution in [0.2, 0.25) is 0 Å². The summed E-state index contributed by atoms with van der Waals surface area (Å²) in [6.45, 7) is 0. The minimum Gasteiger partial charge on any atom is -0.505 e. The summed E-state index contributed by atoms with van der Waals surface area (Å²) in [5.41, 5.74) is 6.71. The molecule has 0 saturated carbocycles. The van der Waals surface area contributed by atoms with Crippen LogP contribution in [0.25, 0.3) is 0 Å². The first kappa shape index (κ1) is 12.2. The Labute approximate surface area is 122 Å².